The summed E-state index contributed by atoms with van der Waals surface area (Å²) < 4.78 is 9.39. The van der Waals surface area contributed by atoms with Gasteiger partial charge < -0.3 is 9.30 Å². The van der Waals surface area contributed by atoms with Gasteiger partial charge in [-0.2, -0.15) is 9.78 Å². The molecule has 8 heteroatoms. The summed E-state index contributed by atoms with van der Waals surface area (Å²) in [4.78, 5) is 28.9. The second-order valence-corrected chi connectivity index (χ2v) is 8.57. The van der Waals surface area contributed by atoms with Gasteiger partial charge in [0.2, 0.25) is 0 Å². The summed E-state index contributed by atoms with van der Waals surface area (Å²) in [6.07, 6.45) is 2.27. The van der Waals surface area contributed by atoms with Gasteiger partial charge in [-0.15, -0.1) is 0 Å². The Labute approximate surface area is 199 Å². The second-order valence-electron chi connectivity index (χ2n) is 7.65. The predicted molar refractivity (Wildman–Crippen MR) is 133 cm³/mol. The monoisotopic (exact) mass is 506 g/mol. The Morgan fingerprint density at radius 3 is 2.55 bits per heavy atom. The molecule has 0 atom stereocenters. The van der Waals surface area contributed by atoms with Crippen LogP contribution in [0, 0.1) is 13.8 Å². The summed E-state index contributed by atoms with van der Waals surface area (Å²) in [6.45, 7) is 7.32. The Kier molecular flexibility index (Phi) is 6.29. The lowest BCUT2D eigenvalue weighted by Gasteiger charge is -2.10. The molecule has 0 saturated carbocycles. The third-order valence-electron chi connectivity index (χ3n) is 5.33. The first-order valence-electron chi connectivity index (χ1n) is 10.5. The Morgan fingerprint density at radius 1 is 1.15 bits per heavy atom. The van der Waals surface area contributed by atoms with Crippen molar-refractivity contribution in [3.63, 3.8) is 0 Å². The van der Waals surface area contributed by atoms with Crippen LogP contribution >= 0.6 is 15.9 Å². The average molecular weight is 507 g/mol. The number of carbonyl (C=O) groups excluding carboxylic acids is 1. The first-order valence-corrected chi connectivity index (χ1v) is 11.3. The van der Waals surface area contributed by atoms with Crippen LogP contribution in [0.2, 0.25) is 0 Å². The predicted octanol–water partition coefficient (Wildman–Crippen LogP) is 4.94. The molecule has 0 bridgehead atoms. The zero-order chi connectivity index (χ0) is 23.7. The molecule has 7 nitrogen and oxygen atoms in total. The van der Waals surface area contributed by atoms with Crippen molar-refractivity contribution < 1.29 is 9.53 Å². The van der Waals surface area contributed by atoms with Crippen LogP contribution < -0.4 is 10.3 Å². The number of rotatable bonds is 5. The van der Waals surface area contributed by atoms with Gasteiger partial charge in [-0.25, -0.2) is 4.98 Å². The van der Waals surface area contributed by atoms with Crippen molar-refractivity contribution in [3.05, 3.63) is 86.1 Å². The van der Waals surface area contributed by atoms with E-state index in [1.165, 1.54) is 11.6 Å². The number of nitrogens with zero attached hydrogens (tertiary/aromatic N) is 4. The molecule has 4 aromatic rings. The Balaban J connectivity index is 1.73. The van der Waals surface area contributed by atoms with Gasteiger partial charge in [0.1, 0.15) is 11.6 Å². The minimum Gasteiger partial charge on any atom is -0.427 e. The SMILES string of the molecule is CCc1nc2ccc(Br)cc2c(=O)n1N=Cc1cc(C)n(-c2ccc(OC(C)=O)cc2)c1C. The van der Waals surface area contributed by atoms with E-state index in [-0.39, 0.29) is 11.5 Å². The molecule has 0 N–H and O–H groups in total. The van der Waals surface area contributed by atoms with E-state index in [1.807, 2.05) is 51.1 Å². The Hall–Kier alpha value is -3.52. The molecular formula is C25H23BrN4O3. The van der Waals surface area contributed by atoms with E-state index in [0.29, 0.717) is 28.9 Å². The number of halogens is 1. The number of carbonyl (C=O) groups is 1. The van der Waals surface area contributed by atoms with Crippen LogP contribution in [0.3, 0.4) is 0 Å². The number of hydrogen-bond acceptors (Lipinski definition) is 5. The Morgan fingerprint density at radius 2 is 1.88 bits per heavy atom. The van der Waals surface area contributed by atoms with Gasteiger partial charge in [-0.05, 0) is 62.4 Å². The third kappa shape index (κ3) is 4.52. The van der Waals surface area contributed by atoms with E-state index in [4.69, 9.17) is 4.74 Å². The number of hydrogen-bond donors (Lipinski definition) is 0. The standard InChI is InChI=1S/C25H23BrN4O3/c1-5-24-28-23-11-6-19(26)13-22(23)25(32)30(24)27-14-18-12-15(2)29(16(18)3)20-7-9-21(10-8-20)33-17(4)31/h6-14H,5H2,1-4H3. The number of aromatic nitrogens is 3. The molecule has 0 amide bonds. The van der Waals surface area contributed by atoms with Gasteiger partial charge >= 0.3 is 5.97 Å². The maximum absolute atomic E-state index is 13.1. The molecule has 0 aliphatic rings. The second kappa shape index (κ2) is 9.15. The fraction of sp³-hybridized carbons (Fsp3) is 0.200. The highest BCUT2D eigenvalue weighted by Gasteiger charge is 2.12. The zero-order valence-electron chi connectivity index (χ0n) is 18.8. The summed E-state index contributed by atoms with van der Waals surface area (Å²) in [5.41, 5.74) is 4.26. The molecule has 2 aromatic heterocycles. The van der Waals surface area contributed by atoms with E-state index in [2.05, 4.69) is 30.6 Å². The van der Waals surface area contributed by atoms with Crippen molar-refractivity contribution in [1.29, 1.82) is 0 Å². The molecule has 33 heavy (non-hydrogen) atoms. The zero-order valence-corrected chi connectivity index (χ0v) is 20.4. The highest BCUT2D eigenvalue weighted by Crippen LogP contribution is 2.22. The molecular weight excluding hydrogens is 484 g/mol. The van der Waals surface area contributed by atoms with Crippen molar-refractivity contribution in [3.8, 4) is 11.4 Å². The van der Waals surface area contributed by atoms with Gasteiger partial charge in [0.15, 0.2) is 0 Å². The van der Waals surface area contributed by atoms with E-state index >= 15 is 0 Å². The summed E-state index contributed by atoms with van der Waals surface area (Å²) in [5.74, 6) is 0.741. The topological polar surface area (TPSA) is 78.5 Å². The first kappa shape index (κ1) is 22.7. The van der Waals surface area contributed by atoms with Crippen molar-refractivity contribution in [1.82, 2.24) is 14.2 Å². The minimum atomic E-state index is -0.355. The molecule has 0 saturated heterocycles. The van der Waals surface area contributed by atoms with Crippen LogP contribution in [0.1, 0.15) is 36.6 Å². The number of esters is 1. The molecule has 2 aromatic carbocycles. The number of ether oxygens (including phenoxy) is 1. The fourth-order valence-corrected chi connectivity index (χ4v) is 4.17. The molecule has 4 rings (SSSR count). The van der Waals surface area contributed by atoms with Crippen LogP contribution in [0.25, 0.3) is 16.6 Å². The molecule has 0 spiro atoms. The largest absolute Gasteiger partial charge is 0.427 e. The maximum Gasteiger partial charge on any atom is 0.308 e. The maximum atomic E-state index is 13.1. The lowest BCUT2D eigenvalue weighted by atomic mass is 10.2. The van der Waals surface area contributed by atoms with Crippen molar-refractivity contribution >= 4 is 39.0 Å². The Bertz CT molecular complexity index is 1450. The summed E-state index contributed by atoms with van der Waals surface area (Å²) in [6, 6.07) is 14.8. The number of benzene rings is 2. The van der Waals surface area contributed by atoms with Gasteiger partial charge in [-0.3, -0.25) is 9.59 Å². The molecule has 0 radical (unpaired) electrons. The van der Waals surface area contributed by atoms with Crippen molar-refractivity contribution in [2.75, 3.05) is 0 Å². The fourth-order valence-electron chi connectivity index (χ4n) is 3.81. The highest BCUT2D eigenvalue weighted by molar-refractivity contribution is 9.10. The van der Waals surface area contributed by atoms with Crippen LogP contribution in [0.15, 0.2) is 62.9 Å². The van der Waals surface area contributed by atoms with E-state index in [9.17, 15) is 9.59 Å². The van der Waals surface area contributed by atoms with E-state index in [0.717, 1.165) is 27.1 Å². The minimum absolute atomic E-state index is 0.204. The number of aryl methyl sites for hydroxylation is 2. The molecule has 168 valence electrons. The van der Waals surface area contributed by atoms with Crippen LogP contribution in [0.5, 0.6) is 5.75 Å². The number of fused-ring (bicyclic) bond motifs is 1. The van der Waals surface area contributed by atoms with Crippen molar-refractivity contribution in [2.24, 2.45) is 5.10 Å². The molecule has 0 aliphatic carbocycles. The quantitative estimate of drug-likeness (QED) is 0.218. The highest BCUT2D eigenvalue weighted by atomic mass is 79.9. The van der Waals surface area contributed by atoms with Gasteiger partial charge in [0.25, 0.3) is 5.56 Å². The third-order valence-corrected chi connectivity index (χ3v) is 5.82. The summed E-state index contributed by atoms with van der Waals surface area (Å²) in [5, 5.41) is 5.02. The lowest BCUT2D eigenvalue weighted by molar-refractivity contribution is -0.131. The molecule has 0 fully saturated rings. The average Bonchev–Trinajstić information content (AvgIpc) is 3.06. The molecule has 2 heterocycles. The molecule has 0 aliphatic heterocycles. The van der Waals surface area contributed by atoms with Gasteiger partial charge in [0, 0.05) is 40.5 Å². The van der Waals surface area contributed by atoms with Gasteiger partial charge in [-0.1, -0.05) is 22.9 Å². The van der Waals surface area contributed by atoms with Crippen LogP contribution in [0.4, 0.5) is 0 Å². The molecule has 0 unspecified atom stereocenters. The van der Waals surface area contributed by atoms with E-state index in [1.54, 1.807) is 24.4 Å². The van der Waals surface area contributed by atoms with E-state index < -0.39 is 0 Å². The van der Waals surface area contributed by atoms with Crippen molar-refractivity contribution in [2.45, 2.75) is 34.1 Å². The van der Waals surface area contributed by atoms with Gasteiger partial charge in [0.05, 0.1) is 17.1 Å². The lowest BCUT2D eigenvalue weighted by Crippen LogP contribution is -2.22. The normalized spacial score (nSPS) is 11.4. The smallest absolute Gasteiger partial charge is 0.308 e. The first-order chi connectivity index (χ1) is 15.8. The summed E-state index contributed by atoms with van der Waals surface area (Å²) in [7, 11) is 0. The van der Waals surface area contributed by atoms with Crippen LogP contribution in [-0.2, 0) is 11.2 Å². The van der Waals surface area contributed by atoms with Crippen LogP contribution in [-0.4, -0.2) is 26.4 Å². The summed E-state index contributed by atoms with van der Waals surface area (Å²) >= 11 is 3.42.